The van der Waals surface area contributed by atoms with Crippen molar-refractivity contribution in [3.05, 3.63) is 49.6 Å². The monoisotopic (exact) mass is 616 g/mol. The zero-order valence-electron chi connectivity index (χ0n) is 22.0. The maximum absolute atomic E-state index is 14.5. The number of likely N-dealkylation sites (N-methyl/N-ethyl adjacent to an activating group) is 1. The number of halogens is 1. The number of alkyl halides is 1. The molecule has 1 aromatic carbocycles. The molecule has 0 saturated carbocycles. The van der Waals surface area contributed by atoms with E-state index in [-0.39, 0.29) is 47.6 Å². The molecule has 10 nitrogen and oxygen atoms in total. The molecule has 0 aliphatic carbocycles. The fourth-order valence-corrected chi connectivity index (χ4v) is 10.0. The first-order chi connectivity index (χ1) is 18.7. The number of benzene rings is 1. The van der Waals surface area contributed by atoms with Crippen molar-refractivity contribution < 1.29 is 19.5 Å². The van der Waals surface area contributed by atoms with E-state index in [1.165, 1.54) is 4.90 Å². The second kappa shape index (κ2) is 10.7. The van der Waals surface area contributed by atoms with Crippen LogP contribution in [0.25, 0.3) is 11.0 Å². The van der Waals surface area contributed by atoms with Gasteiger partial charge < -0.3 is 19.8 Å². The largest absolute Gasteiger partial charge is 0.394 e. The minimum atomic E-state index is -0.857. The summed E-state index contributed by atoms with van der Waals surface area (Å²) in [5.74, 6) is -1.88. The SMILES string of the molecule is C=CCN(C)C(=O)[C@H]1[C@H]2C(=O)N([C@H](C)CO)C(C(=O)N(CC=C)Cn3nnc4ccccc43)C23CC(Br)[C@@H]1S3. The number of para-hydroxylation sites is 1. The van der Waals surface area contributed by atoms with E-state index in [1.54, 1.807) is 52.4 Å². The van der Waals surface area contributed by atoms with Gasteiger partial charge in [-0.3, -0.25) is 14.4 Å². The van der Waals surface area contributed by atoms with Crippen LogP contribution in [0.15, 0.2) is 49.6 Å². The van der Waals surface area contributed by atoms with Crippen LogP contribution in [0, 0.1) is 11.8 Å². The average Bonchev–Trinajstić information content (AvgIpc) is 3.64. The van der Waals surface area contributed by atoms with E-state index >= 15 is 0 Å². The third-order valence-corrected chi connectivity index (χ3v) is 11.4. The van der Waals surface area contributed by atoms with Crippen molar-refractivity contribution in [3.63, 3.8) is 0 Å². The summed E-state index contributed by atoms with van der Waals surface area (Å²) in [6, 6.07) is 6.05. The van der Waals surface area contributed by atoms with Crippen molar-refractivity contribution in [2.75, 3.05) is 26.7 Å². The molecular weight excluding hydrogens is 584 g/mol. The zero-order valence-corrected chi connectivity index (χ0v) is 24.4. The van der Waals surface area contributed by atoms with Gasteiger partial charge in [-0.05, 0) is 25.5 Å². The molecule has 2 aromatic rings. The highest BCUT2D eigenvalue weighted by atomic mass is 79.9. The van der Waals surface area contributed by atoms with E-state index in [0.29, 0.717) is 18.5 Å². The Kier molecular flexibility index (Phi) is 7.64. The van der Waals surface area contributed by atoms with Gasteiger partial charge in [0.2, 0.25) is 17.7 Å². The number of likely N-dealkylation sites (tertiary alicyclic amines) is 1. The molecule has 3 saturated heterocycles. The summed E-state index contributed by atoms with van der Waals surface area (Å²) in [7, 11) is 1.71. The number of carbonyl (C=O) groups excluding carboxylic acids is 3. The van der Waals surface area contributed by atoms with E-state index in [1.807, 2.05) is 24.3 Å². The van der Waals surface area contributed by atoms with Gasteiger partial charge in [-0.2, -0.15) is 0 Å². The quantitative estimate of drug-likeness (QED) is 0.320. The lowest BCUT2D eigenvalue weighted by Gasteiger charge is -2.39. The number of aliphatic hydroxyl groups excluding tert-OH is 1. The van der Waals surface area contributed by atoms with Gasteiger partial charge in [-0.1, -0.05) is 45.4 Å². The summed E-state index contributed by atoms with van der Waals surface area (Å²) in [5, 5.41) is 18.5. The summed E-state index contributed by atoms with van der Waals surface area (Å²) < 4.78 is 0.848. The minimum Gasteiger partial charge on any atom is -0.394 e. The Morgan fingerprint density at radius 1 is 1.28 bits per heavy atom. The Morgan fingerprint density at radius 2 is 2.00 bits per heavy atom. The number of fused-ring (bicyclic) bond motifs is 2. The number of hydrogen-bond donors (Lipinski definition) is 1. The Bertz CT molecular complexity index is 1320. The van der Waals surface area contributed by atoms with Crippen LogP contribution in [0.5, 0.6) is 0 Å². The van der Waals surface area contributed by atoms with Crippen molar-refractivity contribution in [1.82, 2.24) is 29.7 Å². The molecule has 208 valence electrons. The third kappa shape index (κ3) is 4.31. The van der Waals surface area contributed by atoms with Crippen molar-refractivity contribution >= 4 is 56.4 Å². The van der Waals surface area contributed by atoms with E-state index < -0.39 is 28.7 Å². The van der Waals surface area contributed by atoms with Crippen LogP contribution in [0.4, 0.5) is 0 Å². The van der Waals surface area contributed by atoms with Crippen molar-refractivity contribution in [1.29, 1.82) is 0 Å². The number of nitrogens with zero attached hydrogens (tertiary/aromatic N) is 6. The lowest BCUT2D eigenvalue weighted by atomic mass is 9.70. The van der Waals surface area contributed by atoms with Crippen LogP contribution < -0.4 is 0 Å². The standard InChI is InChI=1S/C27H33BrN6O4S/c1-5-11-31(4)24(36)20-21-25(37)34(16(3)14-35)23(27(21)13-17(28)22(20)39-27)26(38)32(12-6-2)15-33-19-10-8-7-9-18(19)29-30-33/h5-10,16-17,20-23,35H,1-2,11-15H2,3-4H3/t16-,17?,20+,21+,22+,23?,27?/m1/s1. The molecule has 1 aromatic heterocycles. The number of thioether (sulfide) groups is 1. The Hall–Kier alpha value is -2.70. The molecule has 5 rings (SSSR count). The first kappa shape index (κ1) is 27.9. The van der Waals surface area contributed by atoms with Gasteiger partial charge in [0.25, 0.3) is 0 Å². The molecule has 3 fully saturated rings. The van der Waals surface area contributed by atoms with E-state index in [0.717, 1.165) is 5.52 Å². The van der Waals surface area contributed by atoms with Gasteiger partial charge in [-0.15, -0.1) is 30.0 Å². The molecule has 39 heavy (non-hydrogen) atoms. The van der Waals surface area contributed by atoms with Crippen LogP contribution in [0.2, 0.25) is 0 Å². The molecule has 3 aliphatic rings. The van der Waals surface area contributed by atoms with Crippen LogP contribution >= 0.6 is 27.7 Å². The first-order valence-electron chi connectivity index (χ1n) is 13.0. The molecule has 3 amide bonds. The molecule has 12 heteroatoms. The van der Waals surface area contributed by atoms with Crippen molar-refractivity contribution in [3.8, 4) is 0 Å². The highest BCUT2D eigenvalue weighted by Gasteiger charge is 2.76. The molecule has 1 N–H and O–H groups in total. The molecule has 1 spiro atoms. The molecule has 4 heterocycles. The number of carbonyl (C=O) groups is 3. The number of amides is 3. The molecule has 3 aliphatic heterocycles. The summed E-state index contributed by atoms with van der Waals surface area (Å²) >= 11 is 5.36. The first-order valence-corrected chi connectivity index (χ1v) is 14.8. The average molecular weight is 618 g/mol. The molecular formula is C27H33BrN6O4S. The summed E-state index contributed by atoms with van der Waals surface area (Å²) in [6.07, 6.45) is 3.86. The molecule has 0 radical (unpaired) electrons. The number of aromatic nitrogens is 3. The number of rotatable bonds is 10. The van der Waals surface area contributed by atoms with Gasteiger partial charge in [0.1, 0.15) is 18.2 Å². The highest BCUT2D eigenvalue weighted by Crippen LogP contribution is 2.68. The Morgan fingerprint density at radius 3 is 2.69 bits per heavy atom. The van der Waals surface area contributed by atoms with Crippen LogP contribution in [-0.4, -0.2) is 106 Å². The number of hydrogen-bond acceptors (Lipinski definition) is 7. The third-order valence-electron chi connectivity index (χ3n) is 8.15. The van der Waals surface area contributed by atoms with Gasteiger partial charge >= 0.3 is 0 Å². The van der Waals surface area contributed by atoms with E-state index in [9.17, 15) is 19.5 Å². The Labute approximate surface area is 240 Å². The fourth-order valence-electron chi connectivity index (χ4n) is 6.46. The van der Waals surface area contributed by atoms with E-state index in [2.05, 4.69) is 39.4 Å². The maximum atomic E-state index is 14.5. The highest BCUT2D eigenvalue weighted by molar-refractivity contribution is 9.09. The predicted octanol–water partition coefficient (Wildman–Crippen LogP) is 1.89. The fraction of sp³-hybridized carbons (Fsp3) is 0.519. The van der Waals surface area contributed by atoms with Gasteiger partial charge in [0.05, 0.1) is 34.7 Å². The summed E-state index contributed by atoms with van der Waals surface area (Å²) in [5.41, 5.74) is 1.50. The number of aliphatic hydroxyl groups is 1. The summed E-state index contributed by atoms with van der Waals surface area (Å²) in [6.45, 7) is 9.75. The van der Waals surface area contributed by atoms with Crippen molar-refractivity contribution in [2.45, 2.75) is 46.9 Å². The minimum absolute atomic E-state index is 0.0376. The van der Waals surface area contributed by atoms with Gasteiger partial charge in [0, 0.05) is 30.2 Å². The van der Waals surface area contributed by atoms with E-state index in [4.69, 9.17) is 0 Å². The maximum Gasteiger partial charge on any atom is 0.248 e. The summed E-state index contributed by atoms with van der Waals surface area (Å²) in [4.78, 5) is 47.0. The van der Waals surface area contributed by atoms with Crippen LogP contribution in [-0.2, 0) is 21.1 Å². The second-order valence-electron chi connectivity index (χ2n) is 10.5. The normalized spacial score (nSPS) is 29.9. The topological polar surface area (TPSA) is 112 Å². The smallest absolute Gasteiger partial charge is 0.248 e. The second-order valence-corrected chi connectivity index (χ2v) is 13.2. The zero-order chi connectivity index (χ0) is 28.1. The lowest BCUT2D eigenvalue weighted by Crippen LogP contribution is -2.57. The Balaban J connectivity index is 1.55. The van der Waals surface area contributed by atoms with Gasteiger partial charge in [0.15, 0.2) is 0 Å². The van der Waals surface area contributed by atoms with Crippen LogP contribution in [0.1, 0.15) is 13.3 Å². The molecule has 3 unspecified atom stereocenters. The van der Waals surface area contributed by atoms with Crippen molar-refractivity contribution in [2.24, 2.45) is 11.8 Å². The lowest BCUT2D eigenvalue weighted by molar-refractivity contribution is -0.147. The van der Waals surface area contributed by atoms with Gasteiger partial charge in [-0.25, -0.2) is 4.68 Å². The molecule has 2 bridgehead atoms. The van der Waals surface area contributed by atoms with Crippen LogP contribution in [0.3, 0.4) is 0 Å². The molecule has 7 atom stereocenters. The predicted molar refractivity (Wildman–Crippen MR) is 153 cm³/mol.